The van der Waals surface area contributed by atoms with Crippen LogP contribution in [0.3, 0.4) is 0 Å². The molecule has 7 nitrogen and oxygen atoms in total. The summed E-state index contributed by atoms with van der Waals surface area (Å²) in [4.78, 5) is 31.2. The van der Waals surface area contributed by atoms with Crippen molar-refractivity contribution in [1.82, 2.24) is 4.90 Å². The molecule has 0 radical (unpaired) electrons. The largest absolute Gasteiger partial charge is 2.00 e. The van der Waals surface area contributed by atoms with Crippen LogP contribution in [0.1, 0.15) is 0 Å². The molecule has 0 aliphatic rings. The van der Waals surface area contributed by atoms with E-state index in [9.17, 15) is 14.4 Å². The fourth-order valence-electron chi connectivity index (χ4n) is 0.742. The minimum absolute atomic E-state index is 0. The molecule has 0 aromatic rings. The minimum Gasteiger partial charge on any atom is -0.480 e. The van der Waals surface area contributed by atoms with Gasteiger partial charge in [-0.2, -0.15) is 0 Å². The van der Waals surface area contributed by atoms with E-state index in [1.165, 1.54) is 0 Å². The summed E-state index contributed by atoms with van der Waals surface area (Å²) >= 11 is 0. The summed E-state index contributed by atoms with van der Waals surface area (Å²) in [5.41, 5.74) is 0. The zero-order valence-corrected chi connectivity index (χ0v) is 9.55. The van der Waals surface area contributed by atoms with Crippen molar-refractivity contribution in [3.63, 3.8) is 0 Å². The van der Waals surface area contributed by atoms with Crippen molar-refractivity contribution < 1.29 is 29.7 Å². The summed E-state index contributed by atoms with van der Waals surface area (Å²) < 4.78 is 0. The Morgan fingerprint density at radius 3 is 1.14 bits per heavy atom. The van der Waals surface area contributed by atoms with Gasteiger partial charge < -0.3 is 15.3 Å². The Morgan fingerprint density at radius 1 is 0.786 bits per heavy atom. The molecule has 8 heteroatoms. The van der Waals surface area contributed by atoms with Crippen LogP contribution in [-0.4, -0.2) is 95.5 Å². The van der Waals surface area contributed by atoms with Crippen LogP contribution in [0.4, 0.5) is 0 Å². The summed E-state index contributed by atoms with van der Waals surface area (Å²) in [6, 6.07) is 0. The molecule has 0 atom stereocenters. The molecule has 3 N–H and O–H groups in total. The van der Waals surface area contributed by atoms with Crippen molar-refractivity contribution in [2.75, 3.05) is 19.6 Å². The molecule has 0 bridgehead atoms. The van der Waals surface area contributed by atoms with Crippen LogP contribution >= 0.6 is 0 Å². The van der Waals surface area contributed by atoms with Gasteiger partial charge in [0, 0.05) is 0 Å². The van der Waals surface area contributed by atoms with Crippen LogP contribution in [0.2, 0.25) is 0 Å². The summed E-state index contributed by atoms with van der Waals surface area (Å²) in [5, 5.41) is 24.8. The van der Waals surface area contributed by atoms with Gasteiger partial charge in [0.1, 0.15) is 0 Å². The Bertz CT molecular complexity index is 192. The van der Waals surface area contributed by atoms with E-state index >= 15 is 0 Å². The second-order valence-corrected chi connectivity index (χ2v) is 2.33. The first-order chi connectivity index (χ1) is 5.91. The van der Waals surface area contributed by atoms with E-state index in [2.05, 4.69) is 0 Å². The van der Waals surface area contributed by atoms with E-state index in [0.29, 0.717) is 0 Å². The smallest absolute Gasteiger partial charge is 0.480 e. The number of hydrogen-bond acceptors (Lipinski definition) is 4. The third kappa shape index (κ3) is 9.72. The minimum atomic E-state index is -1.26. The summed E-state index contributed by atoms with van der Waals surface area (Å²) in [5.74, 6) is -3.78. The van der Waals surface area contributed by atoms with Gasteiger partial charge >= 0.3 is 55.6 Å². The van der Waals surface area contributed by atoms with Crippen LogP contribution in [0.25, 0.3) is 0 Å². The van der Waals surface area contributed by atoms with Crippen LogP contribution in [0.15, 0.2) is 0 Å². The Labute approximate surface area is 109 Å². The molecule has 0 rings (SSSR count). The molecular weight excluding hydrogens is 222 g/mol. The van der Waals surface area contributed by atoms with E-state index < -0.39 is 37.5 Å². The van der Waals surface area contributed by atoms with Gasteiger partial charge in [-0.25, -0.2) is 0 Å². The maximum absolute atomic E-state index is 10.1. The number of rotatable bonds is 6. The molecular formula is C6H9CaNO6+2. The predicted molar refractivity (Wildman–Crippen MR) is 45.1 cm³/mol. The van der Waals surface area contributed by atoms with E-state index in [1.807, 2.05) is 0 Å². The monoisotopic (exact) mass is 231 g/mol. The second-order valence-electron chi connectivity index (χ2n) is 2.33. The van der Waals surface area contributed by atoms with Gasteiger partial charge in [0.15, 0.2) is 0 Å². The van der Waals surface area contributed by atoms with Crippen LogP contribution in [0, 0.1) is 0 Å². The molecule has 0 unspecified atom stereocenters. The molecule has 0 aromatic heterocycles. The average molecular weight is 231 g/mol. The molecule has 74 valence electrons. The maximum atomic E-state index is 10.1. The van der Waals surface area contributed by atoms with Gasteiger partial charge in [-0.3, -0.25) is 19.3 Å². The number of hydrogen-bond donors (Lipinski definition) is 3. The molecule has 14 heavy (non-hydrogen) atoms. The quantitative estimate of drug-likeness (QED) is 0.460. The van der Waals surface area contributed by atoms with Gasteiger partial charge in [-0.05, 0) is 0 Å². The molecule has 0 spiro atoms. The maximum Gasteiger partial charge on any atom is 2.00 e. The van der Waals surface area contributed by atoms with Crippen molar-refractivity contribution in [3.8, 4) is 0 Å². The predicted octanol–water partition coefficient (Wildman–Crippen LogP) is -1.84. The Balaban J connectivity index is 0. The first-order valence-electron chi connectivity index (χ1n) is 3.29. The van der Waals surface area contributed by atoms with E-state index in [-0.39, 0.29) is 37.7 Å². The van der Waals surface area contributed by atoms with Gasteiger partial charge in [0.05, 0.1) is 19.6 Å². The number of carbonyl (C=O) groups is 3. The van der Waals surface area contributed by atoms with Crippen molar-refractivity contribution in [1.29, 1.82) is 0 Å². The van der Waals surface area contributed by atoms with Crippen molar-refractivity contribution >= 4 is 55.6 Å². The topological polar surface area (TPSA) is 115 Å². The number of carboxylic acid groups (broad SMARTS) is 3. The van der Waals surface area contributed by atoms with Gasteiger partial charge in [0.25, 0.3) is 0 Å². The zero-order valence-electron chi connectivity index (χ0n) is 7.34. The normalized spacial score (nSPS) is 9.21. The van der Waals surface area contributed by atoms with Crippen LogP contribution in [-0.2, 0) is 14.4 Å². The SMILES string of the molecule is O=C(O)CN(CC(=O)O)CC(=O)O.[Ca+2]. The molecule has 0 saturated heterocycles. The van der Waals surface area contributed by atoms with E-state index in [0.717, 1.165) is 4.90 Å². The first kappa shape index (κ1) is 16.1. The van der Waals surface area contributed by atoms with Gasteiger partial charge in [0.2, 0.25) is 0 Å². The third-order valence-corrected chi connectivity index (χ3v) is 1.08. The standard InChI is InChI=1S/C6H9NO6.Ca/c8-4(9)1-7(2-5(10)11)3-6(12)13;/h1-3H2,(H,8,9)(H,10,11)(H,12,13);/q;+2. The molecule has 0 aliphatic heterocycles. The number of aliphatic carboxylic acids is 3. The Hall–Kier alpha value is -0.370. The molecule has 0 saturated carbocycles. The van der Waals surface area contributed by atoms with Crippen LogP contribution < -0.4 is 0 Å². The fourth-order valence-corrected chi connectivity index (χ4v) is 0.742. The molecule has 0 aliphatic carbocycles. The third-order valence-electron chi connectivity index (χ3n) is 1.08. The molecule has 0 heterocycles. The van der Waals surface area contributed by atoms with Crippen molar-refractivity contribution in [2.45, 2.75) is 0 Å². The molecule has 0 fully saturated rings. The summed E-state index contributed by atoms with van der Waals surface area (Å²) in [7, 11) is 0. The fraction of sp³-hybridized carbons (Fsp3) is 0.500. The van der Waals surface area contributed by atoms with Crippen molar-refractivity contribution in [3.05, 3.63) is 0 Å². The summed E-state index contributed by atoms with van der Waals surface area (Å²) in [6.45, 7) is -1.80. The Kier molecular flexibility index (Phi) is 9.16. The van der Waals surface area contributed by atoms with Gasteiger partial charge in [-0.1, -0.05) is 0 Å². The Morgan fingerprint density at radius 2 is 1.00 bits per heavy atom. The van der Waals surface area contributed by atoms with Gasteiger partial charge in [-0.15, -0.1) is 0 Å². The van der Waals surface area contributed by atoms with Crippen molar-refractivity contribution in [2.24, 2.45) is 0 Å². The first-order valence-corrected chi connectivity index (χ1v) is 3.29. The molecule has 0 aromatic carbocycles. The van der Waals surface area contributed by atoms with E-state index in [4.69, 9.17) is 15.3 Å². The van der Waals surface area contributed by atoms with Crippen LogP contribution in [0.5, 0.6) is 0 Å². The zero-order chi connectivity index (χ0) is 10.4. The number of nitrogens with zero attached hydrogens (tertiary/aromatic N) is 1. The molecule has 0 amide bonds. The summed E-state index contributed by atoms with van der Waals surface area (Å²) in [6.07, 6.45) is 0. The van der Waals surface area contributed by atoms with E-state index in [1.54, 1.807) is 0 Å². The number of carboxylic acids is 3. The average Bonchev–Trinajstić information content (AvgIpc) is 1.80. The second kappa shape index (κ2) is 7.98.